The molecule has 0 aromatic carbocycles. The van der Waals surface area contributed by atoms with Crippen molar-refractivity contribution in [1.29, 1.82) is 0 Å². The van der Waals surface area contributed by atoms with E-state index in [0.717, 1.165) is 0 Å². The lowest BCUT2D eigenvalue weighted by Crippen LogP contribution is -2.38. The molecule has 22 heavy (non-hydrogen) atoms. The minimum absolute atomic E-state index is 0.0938. The number of aromatic hydroxyl groups is 1. The van der Waals surface area contributed by atoms with Gasteiger partial charge in [-0.05, 0) is 25.5 Å². The van der Waals surface area contributed by atoms with Crippen molar-refractivity contribution < 1.29 is 24.1 Å². The summed E-state index contributed by atoms with van der Waals surface area (Å²) in [6, 6.07) is 2.99. The maximum absolute atomic E-state index is 13.4. The van der Waals surface area contributed by atoms with Gasteiger partial charge in [-0.1, -0.05) is 6.08 Å². The van der Waals surface area contributed by atoms with E-state index in [-0.39, 0.29) is 30.1 Å². The minimum Gasteiger partial charge on any atom is -0.506 e. The lowest BCUT2D eigenvalue weighted by atomic mass is 10.3. The lowest BCUT2D eigenvalue weighted by molar-refractivity contribution is 0.189. The Bertz CT molecular complexity index is 635. The molecule has 1 aromatic heterocycles. The molecule has 0 spiro atoms. The van der Waals surface area contributed by atoms with E-state index in [1.807, 2.05) is 0 Å². The summed E-state index contributed by atoms with van der Waals surface area (Å²) in [5.74, 6) is -0.365. The van der Waals surface area contributed by atoms with Crippen molar-refractivity contribution in [1.82, 2.24) is 10.3 Å². The zero-order valence-electron chi connectivity index (χ0n) is 12.2. The molecule has 3 atom stereocenters. The topological polar surface area (TPSA) is 109 Å². The third-order valence-electron chi connectivity index (χ3n) is 3.76. The first-order chi connectivity index (χ1) is 10.4. The first-order valence-corrected chi connectivity index (χ1v) is 8.69. The predicted molar refractivity (Wildman–Crippen MR) is 81.0 cm³/mol. The van der Waals surface area contributed by atoms with Gasteiger partial charge in [-0.2, -0.15) is 0 Å². The fraction of sp³-hybridized carbons (Fsp3) is 0.429. The highest BCUT2D eigenvalue weighted by Crippen LogP contribution is 2.73. The Hall–Kier alpha value is -1.85. The molecular formula is C14H19N2O5P. The third-order valence-corrected chi connectivity index (χ3v) is 7.00. The summed E-state index contributed by atoms with van der Waals surface area (Å²) in [6.45, 7) is 5.50. The number of nitrogens with one attached hydrogen (secondary N) is 1. The average Bonchev–Trinajstić information content (AvgIpc) is 3.16. The first kappa shape index (κ1) is 16.5. The van der Waals surface area contributed by atoms with E-state index < -0.39 is 18.7 Å². The van der Waals surface area contributed by atoms with E-state index in [0.29, 0.717) is 6.42 Å². The van der Waals surface area contributed by atoms with Crippen LogP contribution in [0.3, 0.4) is 0 Å². The summed E-state index contributed by atoms with van der Waals surface area (Å²) < 4.78 is 18.9. The van der Waals surface area contributed by atoms with Crippen molar-refractivity contribution in [3.05, 3.63) is 36.7 Å². The van der Waals surface area contributed by atoms with Gasteiger partial charge in [-0.15, -0.1) is 6.58 Å². The Balaban J connectivity index is 2.39. The van der Waals surface area contributed by atoms with E-state index in [1.165, 1.54) is 12.3 Å². The monoisotopic (exact) mass is 326 g/mol. The number of carboxylic acid groups (broad SMARTS) is 1. The quantitative estimate of drug-likeness (QED) is 0.525. The van der Waals surface area contributed by atoms with E-state index in [2.05, 4.69) is 16.9 Å². The van der Waals surface area contributed by atoms with Crippen LogP contribution in [0.25, 0.3) is 0 Å². The molecule has 0 radical (unpaired) electrons. The molecule has 1 aliphatic carbocycles. The Morgan fingerprint density at radius 3 is 2.95 bits per heavy atom. The molecule has 0 unspecified atom stereocenters. The first-order valence-electron chi connectivity index (χ1n) is 6.88. The van der Waals surface area contributed by atoms with Crippen molar-refractivity contribution >= 4 is 13.5 Å². The van der Waals surface area contributed by atoms with E-state index >= 15 is 0 Å². The molecule has 0 aliphatic heterocycles. The van der Waals surface area contributed by atoms with Gasteiger partial charge in [0.15, 0.2) is 0 Å². The summed E-state index contributed by atoms with van der Waals surface area (Å²) in [6.07, 6.45) is 1.99. The summed E-state index contributed by atoms with van der Waals surface area (Å²) in [5, 5.41) is 20.1. The summed E-state index contributed by atoms with van der Waals surface area (Å²) in [5.41, 5.74) is 0.223. The normalized spacial score (nSPS) is 26.0. The van der Waals surface area contributed by atoms with E-state index in [4.69, 9.17) is 9.63 Å². The molecule has 0 bridgehead atoms. The van der Waals surface area contributed by atoms with Crippen LogP contribution < -0.4 is 5.32 Å². The van der Waals surface area contributed by atoms with Gasteiger partial charge in [-0.3, -0.25) is 9.55 Å². The van der Waals surface area contributed by atoms with Gasteiger partial charge in [0, 0.05) is 12.1 Å². The molecule has 1 aromatic rings. The van der Waals surface area contributed by atoms with Gasteiger partial charge in [-0.25, -0.2) is 4.79 Å². The van der Waals surface area contributed by atoms with Gasteiger partial charge >= 0.3 is 6.09 Å². The molecule has 1 heterocycles. The highest BCUT2D eigenvalue weighted by molar-refractivity contribution is 7.60. The highest BCUT2D eigenvalue weighted by atomic mass is 31.2. The maximum atomic E-state index is 13.4. The second-order valence-corrected chi connectivity index (χ2v) is 7.84. The second kappa shape index (κ2) is 6.10. The van der Waals surface area contributed by atoms with Gasteiger partial charge in [0.25, 0.3) is 0 Å². The number of hydrogen-bond donors (Lipinski definition) is 3. The van der Waals surface area contributed by atoms with Gasteiger partial charge in [0.05, 0.1) is 18.5 Å². The average molecular weight is 326 g/mol. The minimum atomic E-state index is -3.47. The second-order valence-electron chi connectivity index (χ2n) is 5.12. The van der Waals surface area contributed by atoms with Crippen molar-refractivity contribution in [2.45, 2.75) is 24.8 Å². The molecule has 120 valence electrons. The molecule has 0 saturated heterocycles. The summed E-state index contributed by atoms with van der Waals surface area (Å²) in [7, 11) is -3.47. The molecular weight excluding hydrogens is 307 g/mol. The number of amides is 1. The number of pyridine rings is 1. The molecule has 1 fully saturated rings. The van der Waals surface area contributed by atoms with Crippen LogP contribution in [0.5, 0.6) is 5.75 Å². The Labute approximate surface area is 128 Å². The number of hydrogen-bond acceptors (Lipinski definition) is 5. The molecule has 2 rings (SSSR count). The Morgan fingerprint density at radius 2 is 2.45 bits per heavy atom. The van der Waals surface area contributed by atoms with Crippen LogP contribution in [-0.4, -0.2) is 33.2 Å². The van der Waals surface area contributed by atoms with Crippen LogP contribution in [0.15, 0.2) is 31.0 Å². The van der Waals surface area contributed by atoms with Crippen molar-refractivity contribution in [2.75, 3.05) is 6.61 Å². The number of rotatable bonds is 7. The predicted octanol–water partition coefficient (Wildman–Crippen LogP) is 2.77. The van der Waals surface area contributed by atoms with E-state index in [9.17, 15) is 14.5 Å². The number of aromatic nitrogens is 1. The molecule has 1 amide bonds. The summed E-state index contributed by atoms with van der Waals surface area (Å²) in [4.78, 5) is 15.1. The van der Waals surface area contributed by atoms with Crippen LogP contribution >= 0.6 is 7.37 Å². The van der Waals surface area contributed by atoms with E-state index in [1.54, 1.807) is 19.1 Å². The van der Waals surface area contributed by atoms with Crippen LogP contribution in [-0.2, 0) is 15.3 Å². The zero-order chi connectivity index (χ0) is 16.4. The third kappa shape index (κ3) is 2.87. The lowest BCUT2D eigenvalue weighted by Gasteiger charge is -2.28. The smallest absolute Gasteiger partial charge is 0.405 e. The highest BCUT2D eigenvalue weighted by Gasteiger charge is 2.66. The standard InChI is InChI=1S/C14H19N2O5P/c1-3-10-8-14(10,16-13(18)19)22(20,21-4-2)9-11-12(17)6-5-7-15-11/h3,5-7,10,16-17H,1,4,8-9H2,2H3,(H,18,19)/t10-,14+,22+/m1/s1. The zero-order valence-corrected chi connectivity index (χ0v) is 13.1. The Morgan fingerprint density at radius 1 is 1.73 bits per heavy atom. The fourth-order valence-electron chi connectivity index (χ4n) is 2.62. The number of carbonyl (C=O) groups is 1. The molecule has 7 nitrogen and oxygen atoms in total. The van der Waals surface area contributed by atoms with Crippen LogP contribution in [0.2, 0.25) is 0 Å². The van der Waals surface area contributed by atoms with Gasteiger partial charge in [0.2, 0.25) is 7.37 Å². The molecule has 8 heteroatoms. The molecule has 1 aliphatic rings. The van der Waals surface area contributed by atoms with Crippen molar-refractivity contribution in [2.24, 2.45) is 5.92 Å². The largest absolute Gasteiger partial charge is 0.506 e. The maximum Gasteiger partial charge on any atom is 0.405 e. The van der Waals surface area contributed by atoms with Gasteiger partial charge < -0.3 is 20.1 Å². The SMILES string of the molecule is C=C[C@@H]1C[C@]1(NC(=O)O)[P@](=O)(Cc1ncccc1O)OCC. The fourth-order valence-corrected chi connectivity index (χ4v) is 5.63. The Kier molecular flexibility index (Phi) is 4.58. The molecule has 1 saturated carbocycles. The van der Waals surface area contributed by atoms with Crippen molar-refractivity contribution in [3.63, 3.8) is 0 Å². The molecule has 3 N–H and O–H groups in total. The number of nitrogens with zero attached hydrogens (tertiary/aromatic N) is 1. The van der Waals surface area contributed by atoms with Crippen molar-refractivity contribution in [3.8, 4) is 5.75 Å². The summed E-state index contributed by atoms with van der Waals surface area (Å²) >= 11 is 0. The van der Waals surface area contributed by atoms with Crippen LogP contribution in [0.4, 0.5) is 4.79 Å². The van der Waals surface area contributed by atoms with Crippen LogP contribution in [0, 0.1) is 5.92 Å². The van der Waals surface area contributed by atoms with Crippen LogP contribution in [0.1, 0.15) is 19.0 Å². The van der Waals surface area contributed by atoms with Gasteiger partial charge in [0.1, 0.15) is 11.0 Å².